The van der Waals surface area contributed by atoms with E-state index >= 15 is 0 Å². The van der Waals surface area contributed by atoms with E-state index in [2.05, 4.69) is 25.2 Å². The van der Waals surface area contributed by atoms with Crippen molar-refractivity contribution in [3.05, 3.63) is 11.3 Å². The minimum absolute atomic E-state index is 0.0355. The Bertz CT molecular complexity index is 502. The lowest BCUT2D eigenvalue weighted by Gasteiger charge is -2.58. The summed E-state index contributed by atoms with van der Waals surface area (Å²) in [6.45, 7) is 4.33. The van der Waals surface area contributed by atoms with Crippen LogP contribution in [0.25, 0.3) is 0 Å². The highest BCUT2D eigenvalue weighted by Crippen LogP contribution is 2.55. The molecule has 1 amide bonds. The minimum atomic E-state index is -0.460. The largest absolute Gasteiger partial charge is 0.401 e. The highest BCUT2D eigenvalue weighted by atomic mass is 16.2. The van der Waals surface area contributed by atoms with Gasteiger partial charge < -0.3 is 11.1 Å². The van der Waals surface area contributed by atoms with E-state index in [1.165, 1.54) is 6.42 Å². The molecule has 2 heterocycles. The SMILES string of the molecule is CC(C)[C@@H]1[C@H]2C(=O)N[C@]3(CCCC[C@H]13)C(C#N)=C2N. The third-order valence-electron chi connectivity index (χ3n) is 5.40. The number of nitrogens with one attached hydrogen (secondary N) is 1. The van der Waals surface area contributed by atoms with E-state index in [4.69, 9.17) is 5.73 Å². The molecule has 4 atom stereocenters. The van der Waals surface area contributed by atoms with Gasteiger partial charge in [-0.05, 0) is 30.6 Å². The van der Waals surface area contributed by atoms with Crippen molar-refractivity contribution in [1.29, 1.82) is 5.26 Å². The summed E-state index contributed by atoms with van der Waals surface area (Å²) in [6.07, 6.45) is 4.21. The number of fused-ring (bicyclic) bond motifs is 1. The second kappa shape index (κ2) is 4.00. The number of piperidine rings is 1. The van der Waals surface area contributed by atoms with Gasteiger partial charge in [0.05, 0.1) is 23.1 Å². The summed E-state index contributed by atoms with van der Waals surface area (Å²) in [6, 6.07) is 2.29. The molecule has 0 aromatic heterocycles. The number of hydrogen-bond donors (Lipinski definition) is 2. The third kappa shape index (κ3) is 1.42. The molecule has 0 aromatic carbocycles. The van der Waals surface area contributed by atoms with Crippen LogP contribution in [0, 0.1) is 35.0 Å². The lowest BCUT2D eigenvalue weighted by molar-refractivity contribution is -0.138. The standard InChI is InChI=1S/C15H21N3O/c1-8(2)11-9-5-3-4-6-15(9)10(7-16)13(17)12(11)14(19)18-15/h8-9,11-12H,3-6,17H2,1-2H3,(H,18,19)/t9-,11+,12-,15+/m1/s1. The first-order valence-corrected chi connectivity index (χ1v) is 7.25. The molecule has 2 aliphatic heterocycles. The van der Waals surface area contributed by atoms with Crippen molar-refractivity contribution in [1.82, 2.24) is 5.32 Å². The van der Waals surface area contributed by atoms with Crippen LogP contribution in [0.2, 0.25) is 0 Å². The van der Waals surface area contributed by atoms with Gasteiger partial charge in [-0.3, -0.25) is 4.79 Å². The maximum absolute atomic E-state index is 12.4. The summed E-state index contributed by atoms with van der Waals surface area (Å²) in [5.41, 5.74) is 6.93. The number of nitriles is 1. The van der Waals surface area contributed by atoms with Crippen molar-refractivity contribution < 1.29 is 4.79 Å². The maximum Gasteiger partial charge on any atom is 0.230 e. The van der Waals surface area contributed by atoms with Crippen molar-refractivity contribution in [3.63, 3.8) is 0 Å². The van der Waals surface area contributed by atoms with Crippen LogP contribution in [-0.4, -0.2) is 11.4 Å². The van der Waals surface area contributed by atoms with Gasteiger partial charge in [-0.15, -0.1) is 0 Å². The van der Waals surface area contributed by atoms with Crippen LogP contribution in [0.3, 0.4) is 0 Å². The van der Waals surface area contributed by atoms with Crippen molar-refractivity contribution in [3.8, 4) is 6.07 Å². The van der Waals surface area contributed by atoms with Crippen molar-refractivity contribution >= 4 is 5.91 Å². The molecule has 3 N–H and O–H groups in total. The summed E-state index contributed by atoms with van der Waals surface area (Å²) in [4.78, 5) is 12.4. The summed E-state index contributed by atoms with van der Waals surface area (Å²) in [7, 11) is 0. The van der Waals surface area contributed by atoms with Crippen molar-refractivity contribution in [2.24, 2.45) is 29.4 Å². The van der Waals surface area contributed by atoms with Gasteiger partial charge in [0, 0.05) is 5.70 Å². The molecule has 4 rings (SSSR count). The first-order valence-electron chi connectivity index (χ1n) is 7.25. The van der Waals surface area contributed by atoms with Crippen LogP contribution in [0.5, 0.6) is 0 Å². The van der Waals surface area contributed by atoms with Gasteiger partial charge in [0.25, 0.3) is 0 Å². The molecule has 1 saturated carbocycles. The Labute approximate surface area is 114 Å². The Kier molecular flexibility index (Phi) is 2.63. The Hall–Kier alpha value is -1.50. The minimum Gasteiger partial charge on any atom is -0.401 e. The number of amides is 1. The lowest BCUT2D eigenvalue weighted by Crippen LogP contribution is -2.70. The molecule has 2 aliphatic carbocycles. The second-order valence-electron chi connectivity index (χ2n) is 6.55. The maximum atomic E-state index is 12.4. The van der Waals surface area contributed by atoms with E-state index in [1.807, 2.05) is 0 Å². The number of carbonyl (C=O) groups excluding carboxylic acids is 1. The molecule has 19 heavy (non-hydrogen) atoms. The van der Waals surface area contributed by atoms with Crippen molar-refractivity contribution in [2.75, 3.05) is 0 Å². The zero-order chi connectivity index (χ0) is 13.8. The molecule has 2 fully saturated rings. The Morgan fingerprint density at radius 2 is 2.21 bits per heavy atom. The number of nitrogens with two attached hydrogens (primary N) is 1. The van der Waals surface area contributed by atoms with Gasteiger partial charge in [-0.25, -0.2) is 0 Å². The summed E-state index contributed by atoms with van der Waals surface area (Å²) in [5.74, 6) is 0.822. The molecule has 1 spiro atoms. The van der Waals surface area contributed by atoms with E-state index < -0.39 is 5.54 Å². The van der Waals surface area contributed by atoms with Crippen LogP contribution in [0.4, 0.5) is 0 Å². The average molecular weight is 259 g/mol. The van der Waals surface area contributed by atoms with Gasteiger partial charge >= 0.3 is 0 Å². The molecule has 2 bridgehead atoms. The van der Waals surface area contributed by atoms with Crippen LogP contribution < -0.4 is 11.1 Å². The third-order valence-corrected chi connectivity index (χ3v) is 5.40. The molecule has 0 aromatic rings. The summed E-state index contributed by atoms with van der Waals surface area (Å²) >= 11 is 0. The topological polar surface area (TPSA) is 78.9 Å². The second-order valence-corrected chi connectivity index (χ2v) is 6.55. The first kappa shape index (κ1) is 12.5. The molecule has 4 aliphatic rings. The Balaban J connectivity index is 2.20. The predicted octanol–water partition coefficient (Wildman–Crippen LogP) is 1.68. The van der Waals surface area contributed by atoms with E-state index in [-0.39, 0.29) is 17.7 Å². The summed E-state index contributed by atoms with van der Waals surface area (Å²) in [5, 5.41) is 12.6. The highest BCUT2D eigenvalue weighted by molar-refractivity contribution is 5.87. The first-order chi connectivity index (χ1) is 9.03. The van der Waals surface area contributed by atoms with Crippen LogP contribution in [-0.2, 0) is 4.79 Å². The molecule has 4 nitrogen and oxygen atoms in total. The lowest BCUT2D eigenvalue weighted by atomic mass is 9.51. The molecule has 4 heteroatoms. The van der Waals surface area contributed by atoms with E-state index in [1.54, 1.807) is 0 Å². The molecular formula is C15H21N3O. The quantitative estimate of drug-likeness (QED) is 0.752. The zero-order valence-corrected chi connectivity index (χ0v) is 11.6. The fourth-order valence-corrected chi connectivity index (χ4v) is 4.73. The van der Waals surface area contributed by atoms with E-state index in [0.29, 0.717) is 23.1 Å². The number of nitrogens with zero attached hydrogens (tertiary/aromatic N) is 1. The molecular weight excluding hydrogens is 238 g/mol. The fourth-order valence-electron chi connectivity index (χ4n) is 4.73. The molecule has 102 valence electrons. The number of hydrogen-bond acceptors (Lipinski definition) is 3. The van der Waals surface area contributed by atoms with Gasteiger partial charge in [0.15, 0.2) is 0 Å². The van der Waals surface area contributed by atoms with Gasteiger partial charge in [-0.2, -0.15) is 5.26 Å². The predicted molar refractivity (Wildman–Crippen MR) is 71.5 cm³/mol. The normalized spacial score (nSPS) is 40.9. The summed E-state index contributed by atoms with van der Waals surface area (Å²) < 4.78 is 0. The number of rotatable bonds is 1. The van der Waals surface area contributed by atoms with E-state index in [9.17, 15) is 10.1 Å². The van der Waals surface area contributed by atoms with E-state index in [0.717, 1.165) is 19.3 Å². The smallest absolute Gasteiger partial charge is 0.230 e. The van der Waals surface area contributed by atoms with Gasteiger partial charge in [0.1, 0.15) is 0 Å². The highest BCUT2D eigenvalue weighted by Gasteiger charge is 2.61. The zero-order valence-electron chi connectivity index (χ0n) is 11.6. The number of carbonyl (C=O) groups is 1. The molecule has 0 radical (unpaired) electrons. The van der Waals surface area contributed by atoms with Crippen LogP contribution in [0.1, 0.15) is 39.5 Å². The van der Waals surface area contributed by atoms with Crippen LogP contribution in [0.15, 0.2) is 11.3 Å². The van der Waals surface area contributed by atoms with Gasteiger partial charge in [0.2, 0.25) is 5.91 Å². The molecule has 0 unspecified atom stereocenters. The molecule has 1 saturated heterocycles. The Morgan fingerprint density at radius 3 is 2.84 bits per heavy atom. The fraction of sp³-hybridized carbons (Fsp3) is 0.733. The van der Waals surface area contributed by atoms with Crippen molar-refractivity contribution in [2.45, 2.75) is 45.1 Å². The monoisotopic (exact) mass is 259 g/mol. The Morgan fingerprint density at radius 1 is 1.47 bits per heavy atom. The van der Waals surface area contributed by atoms with Crippen LogP contribution >= 0.6 is 0 Å². The average Bonchev–Trinajstić information content (AvgIpc) is 2.36. The van der Waals surface area contributed by atoms with Gasteiger partial charge in [-0.1, -0.05) is 26.7 Å².